The van der Waals surface area contributed by atoms with Gasteiger partial charge in [-0.1, -0.05) is 24.3 Å². The molecule has 1 aromatic heterocycles. The first-order valence-corrected chi connectivity index (χ1v) is 8.88. The summed E-state index contributed by atoms with van der Waals surface area (Å²) < 4.78 is 25.2. The van der Waals surface area contributed by atoms with Gasteiger partial charge in [-0.3, -0.25) is 9.89 Å². The molecule has 1 aliphatic carbocycles. The third-order valence-electron chi connectivity index (χ3n) is 4.70. The topological polar surface area (TPSA) is 64.2 Å². The predicted octanol–water partition coefficient (Wildman–Crippen LogP) is 4.19. The Bertz CT molecular complexity index is 940. The lowest BCUT2D eigenvalue weighted by molar-refractivity contribution is -0.150. The number of para-hydroxylation sites is 1. The van der Waals surface area contributed by atoms with Gasteiger partial charge in [0.2, 0.25) is 0 Å². The van der Waals surface area contributed by atoms with Gasteiger partial charge in [0.05, 0.1) is 12.1 Å². The summed E-state index contributed by atoms with van der Waals surface area (Å²) in [5.74, 6) is -0.233. The average molecular weight is 366 g/mol. The number of aryl methyl sites for hydroxylation is 1. The molecule has 138 valence electrons. The van der Waals surface area contributed by atoms with Gasteiger partial charge in [-0.2, -0.15) is 5.10 Å². The second-order valence-corrected chi connectivity index (χ2v) is 6.60. The Balaban J connectivity index is 1.34. The minimum Gasteiger partial charge on any atom is -0.461 e. The molecule has 5 nitrogen and oxygen atoms in total. The number of hydrogen-bond acceptors (Lipinski definition) is 4. The molecule has 1 heterocycles. The molecule has 0 saturated heterocycles. The number of ether oxygens (including phenoxy) is 2. The van der Waals surface area contributed by atoms with Gasteiger partial charge in [-0.05, 0) is 54.7 Å². The number of fused-ring (bicyclic) bond motifs is 1. The molecule has 1 N–H and O–H groups in total. The summed E-state index contributed by atoms with van der Waals surface area (Å²) in [5.41, 5.74) is 2.74. The van der Waals surface area contributed by atoms with Crippen molar-refractivity contribution in [1.82, 2.24) is 10.2 Å². The van der Waals surface area contributed by atoms with Crippen LogP contribution in [0.3, 0.4) is 0 Å². The first-order valence-electron chi connectivity index (χ1n) is 8.88. The minimum atomic E-state index is -0.492. The summed E-state index contributed by atoms with van der Waals surface area (Å²) in [6.07, 6.45) is 3.90. The van der Waals surface area contributed by atoms with E-state index in [1.165, 1.54) is 6.07 Å². The van der Waals surface area contributed by atoms with Crippen molar-refractivity contribution in [3.8, 4) is 11.5 Å². The molecule has 3 aromatic rings. The van der Waals surface area contributed by atoms with Crippen molar-refractivity contribution < 1.29 is 18.7 Å². The number of carbonyl (C=O) groups excluding carboxylic acids is 1. The van der Waals surface area contributed by atoms with Crippen molar-refractivity contribution in [1.29, 1.82) is 0 Å². The fraction of sp³-hybridized carbons (Fsp3) is 0.238. The molecule has 0 aliphatic heterocycles. The van der Waals surface area contributed by atoms with Gasteiger partial charge in [0, 0.05) is 5.69 Å². The highest BCUT2D eigenvalue weighted by Gasteiger charge is 2.27. The Kier molecular flexibility index (Phi) is 4.87. The van der Waals surface area contributed by atoms with E-state index < -0.39 is 5.82 Å². The van der Waals surface area contributed by atoms with Crippen molar-refractivity contribution in [2.24, 2.45) is 5.92 Å². The molecular formula is C21H19FN2O3. The van der Waals surface area contributed by atoms with Crippen molar-refractivity contribution in [3.63, 3.8) is 0 Å². The van der Waals surface area contributed by atoms with Gasteiger partial charge < -0.3 is 9.47 Å². The Labute approximate surface area is 156 Å². The van der Waals surface area contributed by atoms with Gasteiger partial charge in [-0.15, -0.1) is 0 Å². The lowest BCUT2D eigenvalue weighted by Gasteiger charge is -2.20. The maximum absolute atomic E-state index is 14.3. The standard InChI is InChI=1S/C21H19FN2O3/c22-18-10-14(6-9-20(18)27-17-4-2-1-3-5-17)13-26-21(25)15-7-8-19-16(11-15)12-23-24-19/h1-6,9-10,12,15H,7-8,11,13H2,(H,23,24). The molecule has 0 spiro atoms. The van der Waals surface area contributed by atoms with Crippen LogP contribution in [0.2, 0.25) is 0 Å². The molecule has 1 aliphatic rings. The second kappa shape index (κ2) is 7.61. The Morgan fingerprint density at radius 2 is 2.07 bits per heavy atom. The monoisotopic (exact) mass is 366 g/mol. The molecule has 6 heteroatoms. The summed E-state index contributed by atoms with van der Waals surface area (Å²) in [4.78, 5) is 12.3. The number of aromatic amines is 1. The predicted molar refractivity (Wildman–Crippen MR) is 96.8 cm³/mol. The molecule has 1 unspecified atom stereocenters. The SMILES string of the molecule is O=C(OCc1ccc(Oc2ccccc2)c(F)c1)C1CCc2[nH]ncc2C1. The van der Waals surface area contributed by atoms with Crippen molar-refractivity contribution >= 4 is 5.97 Å². The molecule has 27 heavy (non-hydrogen) atoms. The Morgan fingerprint density at radius 3 is 2.89 bits per heavy atom. The summed E-state index contributed by atoms with van der Waals surface area (Å²) in [6, 6.07) is 13.6. The first-order chi connectivity index (χ1) is 13.2. The highest BCUT2D eigenvalue weighted by Crippen LogP contribution is 2.27. The van der Waals surface area contributed by atoms with Crippen LogP contribution in [0.25, 0.3) is 0 Å². The highest BCUT2D eigenvalue weighted by molar-refractivity contribution is 5.73. The Morgan fingerprint density at radius 1 is 1.22 bits per heavy atom. The van der Waals surface area contributed by atoms with Crippen molar-refractivity contribution in [2.45, 2.75) is 25.9 Å². The van der Waals surface area contributed by atoms with Gasteiger partial charge in [0.25, 0.3) is 0 Å². The first kappa shape index (κ1) is 17.3. The summed E-state index contributed by atoms with van der Waals surface area (Å²) in [5, 5.41) is 6.96. The number of aromatic nitrogens is 2. The third-order valence-corrected chi connectivity index (χ3v) is 4.70. The maximum atomic E-state index is 14.3. The lowest BCUT2D eigenvalue weighted by atomic mass is 9.88. The van der Waals surface area contributed by atoms with Gasteiger partial charge in [0.15, 0.2) is 11.6 Å². The van der Waals surface area contributed by atoms with E-state index >= 15 is 0 Å². The number of hydrogen-bond donors (Lipinski definition) is 1. The number of rotatable bonds is 5. The largest absolute Gasteiger partial charge is 0.461 e. The number of esters is 1. The number of carbonyl (C=O) groups is 1. The van der Waals surface area contributed by atoms with E-state index in [1.54, 1.807) is 30.5 Å². The molecule has 1 atom stereocenters. The van der Waals surface area contributed by atoms with Crippen LogP contribution in [0.15, 0.2) is 54.7 Å². The smallest absolute Gasteiger partial charge is 0.309 e. The maximum Gasteiger partial charge on any atom is 0.309 e. The summed E-state index contributed by atoms with van der Waals surface area (Å²) >= 11 is 0. The lowest BCUT2D eigenvalue weighted by Crippen LogP contribution is -2.24. The molecular weight excluding hydrogens is 347 g/mol. The number of benzene rings is 2. The minimum absolute atomic E-state index is 0.0378. The average Bonchev–Trinajstić information content (AvgIpc) is 3.16. The van der Waals surface area contributed by atoms with Gasteiger partial charge in [0.1, 0.15) is 12.4 Å². The van der Waals surface area contributed by atoms with E-state index in [9.17, 15) is 9.18 Å². The fourth-order valence-corrected chi connectivity index (χ4v) is 3.22. The quantitative estimate of drug-likeness (QED) is 0.688. The van der Waals surface area contributed by atoms with Crippen molar-refractivity contribution in [2.75, 3.05) is 0 Å². The van der Waals surface area contributed by atoms with Gasteiger partial charge in [-0.25, -0.2) is 4.39 Å². The van der Waals surface area contributed by atoms with Gasteiger partial charge >= 0.3 is 5.97 Å². The number of nitrogens with one attached hydrogen (secondary N) is 1. The summed E-state index contributed by atoms with van der Waals surface area (Å²) in [6.45, 7) is 0.0378. The number of H-pyrrole nitrogens is 1. The molecule has 0 amide bonds. The van der Waals surface area contributed by atoms with Crippen LogP contribution in [-0.4, -0.2) is 16.2 Å². The van der Waals surface area contributed by atoms with Crippen LogP contribution in [0.4, 0.5) is 4.39 Å². The van der Waals surface area contributed by atoms with Crippen LogP contribution in [0, 0.1) is 11.7 Å². The fourth-order valence-electron chi connectivity index (χ4n) is 3.22. The van der Waals surface area contributed by atoms with E-state index in [-0.39, 0.29) is 24.2 Å². The molecule has 0 radical (unpaired) electrons. The van der Waals surface area contributed by atoms with Crippen LogP contribution in [0.5, 0.6) is 11.5 Å². The normalized spacial score (nSPS) is 15.8. The Hall–Kier alpha value is -3.15. The molecule has 0 bridgehead atoms. The zero-order valence-corrected chi connectivity index (χ0v) is 14.7. The van der Waals surface area contributed by atoms with Crippen molar-refractivity contribution in [3.05, 3.63) is 77.4 Å². The third kappa shape index (κ3) is 4.00. The number of halogens is 1. The van der Waals surface area contributed by atoms with Crippen LogP contribution >= 0.6 is 0 Å². The van der Waals surface area contributed by atoms with E-state index in [0.29, 0.717) is 17.7 Å². The van der Waals surface area contributed by atoms with Crippen LogP contribution in [-0.2, 0) is 29.0 Å². The van der Waals surface area contributed by atoms with E-state index in [4.69, 9.17) is 9.47 Å². The van der Waals surface area contributed by atoms with E-state index in [2.05, 4.69) is 10.2 Å². The zero-order valence-electron chi connectivity index (χ0n) is 14.7. The molecule has 0 fully saturated rings. The van der Waals surface area contributed by atoms with E-state index in [0.717, 1.165) is 24.1 Å². The molecule has 2 aromatic carbocycles. The summed E-state index contributed by atoms with van der Waals surface area (Å²) in [7, 11) is 0. The highest BCUT2D eigenvalue weighted by atomic mass is 19.1. The zero-order chi connectivity index (χ0) is 18.6. The van der Waals surface area contributed by atoms with Crippen LogP contribution < -0.4 is 4.74 Å². The van der Waals surface area contributed by atoms with Crippen LogP contribution in [0.1, 0.15) is 23.2 Å². The second-order valence-electron chi connectivity index (χ2n) is 6.60. The van der Waals surface area contributed by atoms with E-state index in [1.807, 2.05) is 18.2 Å². The molecule has 0 saturated carbocycles. The molecule has 4 rings (SSSR count). The number of nitrogens with zero attached hydrogens (tertiary/aromatic N) is 1.